The van der Waals surface area contributed by atoms with E-state index in [4.69, 9.17) is 9.47 Å². The predicted octanol–water partition coefficient (Wildman–Crippen LogP) is 4.21. The lowest BCUT2D eigenvalue weighted by Gasteiger charge is -2.41. The Balaban J connectivity index is 1.90. The maximum atomic E-state index is 12.3. The summed E-state index contributed by atoms with van der Waals surface area (Å²) in [7, 11) is 3.89. The molecule has 0 bridgehead atoms. The van der Waals surface area contributed by atoms with Crippen molar-refractivity contribution in [2.75, 3.05) is 20.7 Å². The van der Waals surface area contributed by atoms with E-state index in [2.05, 4.69) is 43.1 Å². The van der Waals surface area contributed by atoms with Crippen LogP contribution in [0.4, 0.5) is 0 Å². The molecule has 1 fully saturated rings. The number of likely N-dealkylation sites (tertiary alicyclic amines) is 1. The molecule has 2 aliphatic rings. The van der Waals surface area contributed by atoms with E-state index >= 15 is 0 Å². The molecule has 4 nitrogen and oxygen atoms in total. The molecule has 3 rings (SSSR count). The van der Waals surface area contributed by atoms with Gasteiger partial charge < -0.3 is 14.4 Å². The summed E-state index contributed by atoms with van der Waals surface area (Å²) in [5.41, 5.74) is 2.14. The van der Waals surface area contributed by atoms with E-state index in [1.54, 1.807) is 7.11 Å². The highest BCUT2D eigenvalue weighted by Gasteiger charge is 2.49. The average Bonchev–Trinajstić information content (AvgIpc) is 2.92. The first-order chi connectivity index (χ1) is 12.2. The third-order valence-electron chi connectivity index (χ3n) is 5.97. The van der Waals surface area contributed by atoms with Crippen LogP contribution in [-0.2, 0) is 14.9 Å². The predicted molar refractivity (Wildman–Crippen MR) is 103 cm³/mol. The van der Waals surface area contributed by atoms with Crippen LogP contribution in [0.15, 0.2) is 30.0 Å². The Morgan fingerprint density at radius 3 is 2.65 bits per heavy atom. The van der Waals surface area contributed by atoms with Gasteiger partial charge in [0.05, 0.1) is 12.5 Å². The number of allylic oxidation sites excluding steroid dienone is 1. The highest BCUT2D eigenvalue weighted by atomic mass is 16.5. The number of benzene rings is 1. The maximum absolute atomic E-state index is 12.3. The first-order valence-corrected chi connectivity index (χ1v) is 9.44. The second kappa shape index (κ2) is 6.73. The molecule has 4 heteroatoms. The minimum atomic E-state index is -0.482. The van der Waals surface area contributed by atoms with Gasteiger partial charge in [-0.25, -0.2) is 0 Å². The van der Waals surface area contributed by atoms with Crippen molar-refractivity contribution in [2.45, 2.75) is 58.4 Å². The van der Waals surface area contributed by atoms with Gasteiger partial charge in [-0.3, -0.25) is 4.79 Å². The highest BCUT2D eigenvalue weighted by molar-refractivity contribution is 5.76. The van der Waals surface area contributed by atoms with E-state index in [0.717, 1.165) is 37.3 Å². The monoisotopic (exact) mass is 357 g/mol. The molecule has 1 aromatic carbocycles. The van der Waals surface area contributed by atoms with Crippen molar-refractivity contribution in [1.82, 2.24) is 4.90 Å². The van der Waals surface area contributed by atoms with Gasteiger partial charge in [-0.1, -0.05) is 12.1 Å². The normalized spacial score (nSPS) is 26.2. The molecule has 0 spiro atoms. The third kappa shape index (κ3) is 3.27. The van der Waals surface area contributed by atoms with Gasteiger partial charge in [-0.05, 0) is 77.4 Å². The number of esters is 1. The molecular weight excluding hydrogens is 326 g/mol. The molecule has 0 aromatic heterocycles. The molecule has 0 saturated carbocycles. The van der Waals surface area contributed by atoms with E-state index in [9.17, 15) is 4.79 Å². The van der Waals surface area contributed by atoms with Crippen molar-refractivity contribution in [3.63, 3.8) is 0 Å². The molecule has 0 radical (unpaired) electrons. The number of hydrogen-bond acceptors (Lipinski definition) is 4. The summed E-state index contributed by atoms with van der Waals surface area (Å²) >= 11 is 0. The number of nitrogens with zero attached hydrogens (tertiary/aromatic N) is 1. The second-order valence-corrected chi connectivity index (χ2v) is 8.81. The smallest absolute Gasteiger partial charge is 0.316 e. The fourth-order valence-corrected chi connectivity index (χ4v) is 4.28. The number of methoxy groups -OCH3 is 1. The Bertz CT molecular complexity index is 731. The van der Waals surface area contributed by atoms with Crippen molar-refractivity contribution in [3.05, 3.63) is 41.2 Å². The van der Waals surface area contributed by atoms with Crippen LogP contribution in [0.3, 0.4) is 0 Å². The Kier molecular flexibility index (Phi) is 4.91. The molecule has 1 aliphatic carbocycles. The summed E-state index contributed by atoms with van der Waals surface area (Å²) < 4.78 is 11.2. The van der Waals surface area contributed by atoms with Gasteiger partial charge in [0.25, 0.3) is 0 Å². The van der Waals surface area contributed by atoms with Gasteiger partial charge in [-0.15, -0.1) is 0 Å². The van der Waals surface area contributed by atoms with Crippen LogP contribution in [0.25, 0.3) is 0 Å². The maximum Gasteiger partial charge on any atom is 0.316 e. The van der Waals surface area contributed by atoms with E-state index in [1.165, 1.54) is 11.1 Å². The molecule has 1 aromatic rings. The summed E-state index contributed by atoms with van der Waals surface area (Å²) in [6.45, 7) is 8.84. The van der Waals surface area contributed by atoms with Crippen LogP contribution in [0, 0.1) is 12.3 Å². The van der Waals surface area contributed by atoms with Crippen LogP contribution in [-0.4, -0.2) is 37.6 Å². The molecule has 0 unspecified atom stereocenters. The van der Waals surface area contributed by atoms with Crippen molar-refractivity contribution in [1.29, 1.82) is 0 Å². The van der Waals surface area contributed by atoms with Crippen molar-refractivity contribution in [2.24, 2.45) is 5.41 Å². The number of aryl methyl sites for hydroxylation is 1. The third-order valence-corrected chi connectivity index (χ3v) is 5.97. The van der Waals surface area contributed by atoms with Gasteiger partial charge in [0.2, 0.25) is 0 Å². The lowest BCUT2D eigenvalue weighted by Crippen LogP contribution is -2.44. The van der Waals surface area contributed by atoms with Crippen molar-refractivity contribution < 1.29 is 14.3 Å². The standard InChI is InChI=1S/C22H31NO3/c1-15-13-16(7-8-18(15)25-6)22-10-9-17(26-20(24)21(2,3)4)14-19(22)23(5)12-11-22/h7-9,13,19H,10-12,14H2,1-6H3/t19-,22-/m0/s1. The van der Waals surface area contributed by atoms with Crippen LogP contribution >= 0.6 is 0 Å². The molecule has 26 heavy (non-hydrogen) atoms. The molecule has 0 amide bonds. The molecular formula is C22H31NO3. The van der Waals surface area contributed by atoms with E-state index in [0.29, 0.717) is 6.04 Å². The van der Waals surface area contributed by atoms with Crippen LogP contribution in [0.5, 0.6) is 5.75 Å². The Morgan fingerprint density at radius 1 is 1.31 bits per heavy atom. The number of ether oxygens (including phenoxy) is 2. The van der Waals surface area contributed by atoms with Crippen molar-refractivity contribution >= 4 is 5.97 Å². The molecule has 1 aliphatic heterocycles. The number of hydrogen-bond donors (Lipinski definition) is 0. The minimum Gasteiger partial charge on any atom is -0.496 e. The topological polar surface area (TPSA) is 38.8 Å². The largest absolute Gasteiger partial charge is 0.496 e. The van der Waals surface area contributed by atoms with Gasteiger partial charge in [-0.2, -0.15) is 0 Å². The zero-order chi connectivity index (χ0) is 19.1. The summed E-state index contributed by atoms with van der Waals surface area (Å²) in [6.07, 6.45) is 4.94. The summed E-state index contributed by atoms with van der Waals surface area (Å²) in [5, 5.41) is 0. The summed E-state index contributed by atoms with van der Waals surface area (Å²) in [5.74, 6) is 1.60. The van der Waals surface area contributed by atoms with Crippen LogP contribution < -0.4 is 4.74 Å². The van der Waals surface area contributed by atoms with Crippen LogP contribution in [0.1, 0.15) is 51.2 Å². The fraction of sp³-hybridized carbons (Fsp3) is 0.591. The van der Waals surface area contributed by atoms with E-state index < -0.39 is 5.41 Å². The molecule has 0 N–H and O–H groups in total. The minimum absolute atomic E-state index is 0.0867. The zero-order valence-corrected chi connectivity index (χ0v) is 16.9. The number of likely N-dealkylation sites (N-methyl/N-ethyl adjacent to an activating group) is 1. The summed E-state index contributed by atoms with van der Waals surface area (Å²) in [6, 6.07) is 6.90. The number of rotatable bonds is 3. The van der Waals surface area contributed by atoms with Gasteiger partial charge >= 0.3 is 5.97 Å². The Hall–Kier alpha value is -1.81. The van der Waals surface area contributed by atoms with Crippen LogP contribution in [0.2, 0.25) is 0 Å². The van der Waals surface area contributed by atoms with Gasteiger partial charge in [0.1, 0.15) is 11.5 Å². The molecule has 1 saturated heterocycles. The van der Waals surface area contributed by atoms with Gasteiger partial charge in [0.15, 0.2) is 0 Å². The second-order valence-electron chi connectivity index (χ2n) is 8.81. The number of carbonyl (C=O) groups excluding carboxylic acids is 1. The lowest BCUT2D eigenvalue weighted by molar-refractivity contribution is -0.149. The zero-order valence-electron chi connectivity index (χ0n) is 16.9. The van der Waals surface area contributed by atoms with Gasteiger partial charge in [0, 0.05) is 17.9 Å². The Morgan fingerprint density at radius 2 is 2.04 bits per heavy atom. The van der Waals surface area contributed by atoms with E-state index in [-0.39, 0.29) is 11.4 Å². The van der Waals surface area contributed by atoms with Crippen molar-refractivity contribution in [3.8, 4) is 5.75 Å². The fourth-order valence-electron chi connectivity index (χ4n) is 4.28. The number of carbonyl (C=O) groups is 1. The first-order valence-electron chi connectivity index (χ1n) is 9.44. The highest BCUT2D eigenvalue weighted by Crippen LogP contribution is 2.48. The van der Waals surface area contributed by atoms with E-state index in [1.807, 2.05) is 20.8 Å². The number of fused-ring (bicyclic) bond motifs is 1. The Labute approximate surface area is 157 Å². The first kappa shape index (κ1) is 19.0. The summed E-state index contributed by atoms with van der Waals surface area (Å²) in [4.78, 5) is 14.7. The molecule has 1 heterocycles. The average molecular weight is 357 g/mol. The lowest BCUT2D eigenvalue weighted by atomic mass is 9.68. The molecule has 2 atom stereocenters. The quantitative estimate of drug-likeness (QED) is 0.760. The SMILES string of the molecule is COc1ccc([C@@]23CC=C(OC(=O)C(C)(C)C)C[C@@H]2N(C)CC3)cc1C. The molecule has 142 valence electrons.